The van der Waals surface area contributed by atoms with Crippen LogP contribution in [0.2, 0.25) is 0 Å². The second-order valence-electron chi connectivity index (χ2n) is 14.6. The highest BCUT2D eigenvalue weighted by molar-refractivity contribution is 5.72. The molecule has 2 bridgehead atoms. The molecule has 41 heavy (non-hydrogen) atoms. The van der Waals surface area contributed by atoms with Gasteiger partial charge in [-0.1, -0.05) is 141 Å². The number of amides is 1. The van der Waals surface area contributed by atoms with Crippen LogP contribution >= 0.6 is 0 Å². The minimum absolute atomic E-state index is 0.0394. The molecule has 0 radical (unpaired) electrons. The van der Waals surface area contributed by atoms with Gasteiger partial charge in [0.2, 0.25) is 5.91 Å². The third-order valence-electron chi connectivity index (χ3n) is 11.1. The van der Waals surface area contributed by atoms with Crippen molar-refractivity contribution >= 4 is 5.91 Å². The molecule has 8 atom stereocenters. The standard InChI is InChI=1S/C28H54.C5H12.C4H9NO.C2H6/c1-8-13-27(22(4)9-2)28(7)19-18-25-20-26(24(28)6)17-16-21(3)14-11-10-12-15-23(25)5;1-4-5(2)3;1-3-5-4(2)6;1-2/h21-27H,8-20H2,1-7H3;5H,4H2,1-3H3;3H2,1-2H3,(H,5,6);1-2H3. The van der Waals surface area contributed by atoms with E-state index in [1.165, 1.54) is 96.8 Å². The van der Waals surface area contributed by atoms with Gasteiger partial charge in [0, 0.05) is 13.5 Å². The second kappa shape index (κ2) is 24.9. The molecule has 2 heteroatoms. The average molecular weight is 580 g/mol. The molecule has 0 aliphatic heterocycles. The molecule has 0 aromatic rings. The Hall–Kier alpha value is -0.530. The van der Waals surface area contributed by atoms with E-state index in [1.807, 2.05) is 20.8 Å². The molecule has 2 fully saturated rings. The second-order valence-corrected chi connectivity index (χ2v) is 14.6. The zero-order valence-electron chi connectivity index (χ0n) is 31.1. The van der Waals surface area contributed by atoms with Gasteiger partial charge in [0.1, 0.15) is 0 Å². The molecule has 2 rings (SSSR count). The summed E-state index contributed by atoms with van der Waals surface area (Å²) in [5.41, 5.74) is 0.550. The van der Waals surface area contributed by atoms with E-state index in [-0.39, 0.29) is 5.91 Å². The molecule has 0 aromatic heterocycles. The number of carbonyl (C=O) groups is 1. The van der Waals surface area contributed by atoms with Gasteiger partial charge in [0.25, 0.3) is 0 Å². The van der Waals surface area contributed by atoms with Crippen molar-refractivity contribution in [3.8, 4) is 0 Å². The molecule has 0 saturated heterocycles. The first kappa shape index (κ1) is 42.6. The first-order chi connectivity index (χ1) is 19.4. The molecular formula is C39H81NO. The number of fused-ring (bicyclic) bond motifs is 2. The van der Waals surface area contributed by atoms with Crippen molar-refractivity contribution in [2.24, 2.45) is 52.8 Å². The average Bonchev–Trinajstić information content (AvgIpc) is 3.07. The van der Waals surface area contributed by atoms with Crippen LogP contribution in [0.25, 0.3) is 0 Å². The zero-order chi connectivity index (χ0) is 32.0. The number of rotatable bonds is 7. The van der Waals surface area contributed by atoms with E-state index in [4.69, 9.17) is 0 Å². The summed E-state index contributed by atoms with van der Waals surface area (Å²) in [4.78, 5) is 9.93. The maximum Gasteiger partial charge on any atom is 0.216 e. The largest absolute Gasteiger partial charge is 0.357 e. The molecular weight excluding hydrogens is 498 g/mol. The van der Waals surface area contributed by atoms with Crippen molar-refractivity contribution in [2.45, 2.75) is 187 Å². The highest BCUT2D eigenvalue weighted by atomic mass is 16.1. The lowest BCUT2D eigenvalue weighted by Crippen LogP contribution is -2.40. The number of carbonyl (C=O) groups excluding carboxylic acids is 1. The van der Waals surface area contributed by atoms with Crippen molar-refractivity contribution in [3.05, 3.63) is 0 Å². The zero-order valence-corrected chi connectivity index (χ0v) is 31.1. The number of nitrogens with one attached hydrogen (secondary N) is 1. The Morgan fingerprint density at radius 3 is 1.88 bits per heavy atom. The maximum absolute atomic E-state index is 9.93. The molecule has 248 valence electrons. The normalized spacial score (nSPS) is 30.2. The minimum Gasteiger partial charge on any atom is -0.357 e. The van der Waals surface area contributed by atoms with Gasteiger partial charge in [-0.25, -0.2) is 0 Å². The molecule has 0 aromatic carbocycles. The third-order valence-corrected chi connectivity index (χ3v) is 11.1. The summed E-state index contributed by atoms with van der Waals surface area (Å²) in [6.07, 6.45) is 20.4. The Labute approximate surface area is 261 Å². The Morgan fingerprint density at radius 2 is 1.41 bits per heavy atom. The van der Waals surface area contributed by atoms with Crippen LogP contribution in [0.15, 0.2) is 0 Å². The predicted octanol–water partition coefficient (Wildman–Crippen LogP) is 12.7. The predicted molar refractivity (Wildman–Crippen MR) is 187 cm³/mol. The van der Waals surface area contributed by atoms with Gasteiger partial charge in [-0.05, 0) is 91.8 Å². The third kappa shape index (κ3) is 17.4. The summed E-state index contributed by atoms with van der Waals surface area (Å²) in [5, 5.41) is 2.57. The highest BCUT2D eigenvalue weighted by Crippen LogP contribution is 2.55. The fraction of sp³-hybridized carbons (Fsp3) is 0.974. The molecule has 1 amide bonds. The summed E-state index contributed by atoms with van der Waals surface area (Å²) in [6, 6.07) is 0. The van der Waals surface area contributed by atoms with Crippen LogP contribution in [0.4, 0.5) is 0 Å². The molecule has 2 aliphatic carbocycles. The monoisotopic (exact) mass is 580 g/mol. The van der Waals surface area contributed by atoms with Crippen molar-refractivity contribution in [3.63, 3.8) is 0 Å². The maximum atomic E-state index is 9.93. The Bertz CT molecular complexity index is 600. The van der Waals surface area contributed by atoms with Crippen LogP contribution in [0, 0.1) is 52.8 Å². The summed E-state index contributed by atoms with van der Waals surface area (Å²) in [5.74, 6) is 7.46. The van der Waals surface area contributed by atoms with Gasteiger partial charge < -0.3 is 5.32 Å². The van der Waals surface area contributed by atoms with Crippen molar-refractivity contribution < 1.29 is 4.79 Å². The lowest BCUT2D eigenvalue weighted by molar-refractivity contribution is -0.118. The first-order valence-corrected chi connectivity index (χ1v) is 18.6. The highest BCUT2D eigenvalue weighted by Gasteiger charge is 2.46. The summed E-state index contributed by atoms with van der Waals surface area (Å²) in [6.45, 7) is 32.7. The molecule has 0 heterocycles. The van der Waals surface area contributed by atoms with Gasteiger partial charge in [-0.2, -0.15) is 0 Å². The lowest BCUT2D eigenvalue weighted by atomic mass is 9.58. The molecule has 8 unspecified atom stereocenters. The Morgan fingerprint density at radius 1 is 0.829 bits per heavy atom. The topological polar surface area (TPSA) is 29.1 Å². The Balaban J connectivity index is 0. The number of hydrogen-bond donors (Lipinski definition) is 1. The van der Waals surface area contributed by atoms with E-state index in [0.29, 0.717) is 5.41 Å². The molecule has 0 spiro atoms. The quantitative estimate of drug-likeness (QED) is 0.319. The van der Waals surface area contributed by atoms with Gasteiger partial charge in [-0.15, -0.1) is 0 Å². The minimum atomic E-state index is 0.0394. The molecule has 2 nitrogen and oxygen atoms in total. The fourth-order valence-electron chi connectivity index (χ4n) is 7.50. The van der Waals surface area contributed by atoms with E-state index in [2.05, 4.69) is 74.6 Å². The lowest BCUT2D eigenvalue weighted by Gasteiger charge is -2.47. The van der Waals surface area contributed by atoms with E-state index < -0.39 is 0 Å². The van der Waals surface area contributed by atoms with Gasteiger partial charge in [-0.3, -0.25) is 4.79 Å². The van der Waals surface area contributed by atoms with Gasteiger partial charge in [0.05, 0.1) is 0 Å². The van der Waals surface area contributed by atoms with Crippen LogP contribution in [-0.4, -0.2) is 12.5 Å². The van der Waals surface area contributed by atoms with E-state index >= 15 is 0 Å². The van der Waals surface area contributed by atoms with Crippen molar-refractivity contribution in [1.82, 2.24) is 5.32 Å². The first-order valence-electron chi connectivity index (χ1n) is 18.6. The summed E-state index contributed by atoms with van der Waals surface area (Å²) in [7, 11) is 0. The molecule has 1 N–H and O–H groups in total. The van der Waals surface area contributed by atoms with Crippen molar-refractivity contribution in [1.29, 1.82) is 0 Å². The van der Waals surface area contributed by atoms with E-state index in [1.54, 1.807) is 0 Å². The van der Waals surface area contributed by atoms with Crippen molar-refractivity contribution in [2.75, 3.05) is 6.54 Å². The number of hydrogen-bond acceptors (Lipinski definition) is 1. The van der Waals surface area contributed by atoms with Crippen LogP contribution in [0.1, 0.15) is 187 Å². The Kier molecular flexibility index (Phi) is 25.8. The fourth-order valence-corrected chi connectivity index (χ4v) is 7.50. The van der Waals surface area contributed by atoms with E-state index in [9.17, 15) is 4.79 Å². The van der Waals surface area contributed by atoms with Crippen LogP contribution in [0.3, 0.4) is 0 Å². The van der Waals surface area contributed by atoms with Crippen LogP contribution < -0.4 is 5.32 Å². The molecule has 2 saturated carbocycles. The van der Waals surface area contributed by atoms with Gasteiger partial charge >= 0.3 is 0 Å². The van der Waals surface area contributed by atoms with Gasteiger partial charge in [0.15, 0.2) is 0 Å². The smallest absolute Gasteiger partial charge is 0.216 e. The summed E-state index contributed by atoms with van der Waals surface area (Å²) < 4.78 is 0. The molecule has 2 aliphatic rings. The summed E-state index contributed by atoms with van der Waals surface area (Å²) >= 11 is 0. The SMILES string of the molecule is CC.CCC(C)C.CCCC(C(C)CC)C1(C)CCC2CC(CCC(C)CCCCCC2C)C1C.CCNC(C)=O. The van der Waals surface area contributed by atoms with Crippen LogP contribution in [-0.2, 0) is 4.79 Å². The van der Waals surface area contributed by atoms with Crippen LogP contribution in [0.5, 0.6) is 0 Å². The van der Waals surface area contributed by atoms with E-state index in [0.717, 1.165) is 53.9 Å².